The summed E-state index contributed by atoms with van der Waals surface area (Å²) >= 11 is 0. The number of piperidine rings is 1. The van der Waals surface area contributed by atoms with Crippen LogP contribution in [0.3, 0.4) is 0 Å². The van der Waals surface area contributed by atoms with Crippen molar-refractivity contribution in [3.05, 3.63) is 17.0 Å². The molecule has 0 aliphatic carbocycles. The lowest BCUT2D eigenvalue weighted by Crippen LogP contribution is -2.44. The number of halogens is 1. The predicted molar refractivity (Wildman–Crippen MR) is 91.3 cm³/mol. The van der Waals surface area contributed by atoms with Crippen molar-refractivity contribution in [2.45, 2.75) is 65.6 Å². The highest BCUT2D eigenvalue weighted by molar-refractivity contribution is 5.85. The van der Waals surface area contributed by atoms with Gasteiger partial charge in [0.15, 0.2) is 0 Å². The van der Waals surface area contributed by atoms with E-state index in [0.717, 1.165) is 13.1 Å². The van der Waals surface area contributed by atoms with Gasteiger partial charge in [-0.25, -0.2) is 0 Å². The number of aryl methyl sites for hydroxylation is 1. The number of likely N-dealkylation sites (N-methyl/N-ethyl adjacent to an activating group) is 1. The van der Waals surface area contributed by atoms with Gasteiger partial charge in [-0.15, -0.1) is 12.4 Å². The van der Waals surface area contributed by atoms with Crippen molar-refractivity contribution in [1.29, 1.82) is 0 Å². The normalized spacial score (nSPS) is 20.4. The third-order valence-corrected chi connectivity index (χ3v) is 4.37. The van der Waals surface area contributed by atoms with Gasteiger partial charge in [0.25, 0.3) is 0 Å². The van der Waals surface area contributed by atoms with Gasteiger partial charge in [0.1, 0.15) is 0 Å². The van der Waals surface area contributed by atoms with Crippen LogP contribution in [0.4, 0.5) is 0 Å². The summed E-state index contributed by atoms with van der Waals surface area (Å²) in [4.78, 5) is 2.56. The lowest BCUT2D eigenvalue weighted by atomic mass is 10.0. The smallest absolute Gasteiger partial charge is 0.0641 e. The van der Waals surface area contributed by atoms with Crippen molar-refractivity contribution < 1.29 is 0 Å². The van der Waals surface area contributed by atoms with Crippen molar-refractivity contribution in [1.82, 2.24) is 20.0 Å². The highest BCUT2D eigenvalue weighted by Gasteiger charge is 2.24. The number of hydrogen-bond donors (Lipinski definition) is 1. The fraction of sp³-hybridized carbons (Fsp3) is 0.812. The zero-order chi connectivity index (χ0) is 14.9. The van der Waals surface area contributed by atoms with E-state index in [9.17, 15) is 0 Å². The van der Waals surface area contributed by atoms with E-state index in [2.05, 4.69) is 56.6 Å². The number of hydrogen-bond acceptors (Lipinski definition) is 3. The average Bonchev–Trinajstić information content (AvgIpc) is 2.67. The van der Waals surface area contributed by atoms with Crippen molar-refractivity contribution >= 4 is 12.4 Å². The molecule has 1 aliphatic heterocycles. The largest absolute Gasteiger partial charge is 0.316 e. The summed E-state index contributed by atoms with van der Waals surface area (Å²) in [5.41, 5.74) is 3.98. The number of nitrogens with one attached hydrogen (secondary N) is 1. The van der Waals surface area contributed by atoms with Crippen LogP contribution >= 0.6 is 12.4 Å². The van der Waals surface area contributed by atoms with Crippen LogP contribution in [0, 0.1) is 13.8 Å². The second-order valence-electron chi connectivity index (χ2n) is 7.09. The second-order valence-corrected chi connectivity index (χ2v) is 7.09. The van der Waals surface area contributed by atoms with E-state index in [1.807, 2.05) is 0 Å². The molecule has 5 heteroatoms. The van der Waals surface area contributed by atoms with Crippen molar-refractivity contribution in [3.63, 3.8) is 0 Å². The van der Waals surface area contributed by atoms with Gasteiger partial charge in [-0.05, 0) is 61.1 Å². The van der Waals surface area contributed by atoms with Crippen LogP contribution in [0.25, 0.3) is 0 Å². The van der Waals surface area contributed by atoms with Gasteiger partial charge < -0.3 is 5.32 Å². The van der Waals surface area contributed by atoms with Gasteiger partial charge >= 0.3 is 0 Å². The van der Waals surface area contributed by atoms with Crippen LogP contribution in [-0.2, 0) is 12.1 Å². The minimum absolute atomic E-state index is 0. The molecule has 0 radical (unpaired) electrons. The van der Waals surface area contributed by atoms with E-state index in [0.29, 0.717) is 6.04 Å². The molecule has 0 aromatic carbocycles. The van der Waals surface area contributed by atoms with E-state index in [4.69, 9.17) is 5.10 Å². The molecule has 4 nitrogen and oxygen atoms in total. The fourth-order valence-corrected chi connectivity index (χ4v) is 3.22. The molecule has 1 aliphatic rings. The van der Waals surface area contributed by atoms with Gasteiger partial charge in [-0.3, -0.25) is 9.58 Å². The van der Waals surface area contributed by atoms with Gasteiger partial charge in [0.2, 0.25) is 0 Å². The third kappa shape index (κ3) is 4.21. The Labute approximate surface area is 135 Å². The maximum Gasteiger partial charge on any atom is 0.0641 e. The minimum Gasteiger partial charge on any atom is -0.316 e. The molecular weight excluding hydrogens is 284 g/mol. The summed E-state index contributed by atoms with van der Waals surface area (Å²) in [5, 5.41) is 8.18. The molecule has 1 N–H and O–H groups in total. The summed E-state index contributed by atoms with van der Waals surface area (Å²) in [6.45, 7) is 14.4. The Morgan fingerprint density at radius 2 is 1.95 bits per heavy atom. The van der Waals surface area contributed by atoms with E-state index in [1.165, 1.54) is 36.3 Å². The van der Waals surface area contributed by atoms with Crippen molar-refractivity contribution in [3.8, 4) is 0 Å². The molecular formula is C16H31ClN4. The number of rotatable bonds is 3. The standard InChI is InChI=1S/C16H30N4.ClH/c1-12-15(13(2)20(18-12)16(3,4)5)11-19-9-7-8-14(10-19)17-6;/h14,17H,7-11H2,1-6H3;1H. The van der Waals surface area contributed by atoms with E-state index in [-0.39, 0.29) is 17.9 Å². The van der Waals surface area contributed by atoms with Crippen LogP contribution in [0.1, 0.15) is 50.6 Å². The SMILES string of the molecule is CNC1CCCN(Cc2c(C)nn(C(C)(C)C)c2C)C1.Cl. The third-order valence-electron chi connectivity index (χ3n) is 4.37. The molecule has 1 saturated heterocycles. The van der Waals surface area contributed by atoms with Gasteiger partial charge in [-0.1, -0.05) is 0 Å². The first-order chi connectivity index (χ1) is 9.32. The Kier molecular flexibility index (Phi) is 6.26. The maximum atomic E-state index is 4.76. The minimum atomic E-state index is 0. The first-order valence-electron chi connectivity index (χ1n) is 7.78. The summed E-state index contributed by atoms with van der Waals surface area (Å²) in [6, 6.07) is 0.641. The highest BCUT2D eigenvalue weighted by atomic mass is 35.5. The molecule has 1 fully saturated rings. The first-order valence-corrected chi connectivity index (χ1v) is 7.78. The molecule has 122 valence electrons. The Balaban J connectivity index is 0.00000220. The summed E-state index contributed by atoms with van der Waals surface area (Å²) < 4.78 is 2.18. The molecule has 21 heavy (non-hydrogen) atoms. The summed E-state index contributed by atoms with van der Waals surface area (Å²) in [6.07, 6.45) is 2.59. The van der Waals surface area contributed by atoms with Crippen LogP contribution in [0.2, 0.25) is 0 Å². The number of nitrogens with zero attached hydrogens (tertiary/aromatic N) is 3. The zero-order valence-electron chi connectivity index (χ0n) is 14.4. The Morgan fingerprint density at radius 3 is 2.48 bits per heavy atom. The van der Waals surface area contributed by atoms with Gasteiger partial charge in [0.05, 0.1) is 11.2 Å². The lowest BCUT2D eigenvalue weighted by Gasteiger charge is -2.32. The van der Waals surface area contributed by atoms with E-state index < -0.39 is 0 Å². The number of likely N-dealkylation sites (tertiary alicyclic amines) is 1. The number of aromatic nitrogens is 2. The fourth-order valence-electron chi connectivity index (χ4n) is 3.22. The molecule has 2 heterocycles. The molecule has 1 aromatic rings. The van der Waals surface area contributed by atoms with Crippen molar-refractivity contribution in [2.24, 2.45) is 0 Å². The second kappa shape index (κ2) is 7.12. The average molecular weight is 315 g/mol. The van der Waals surface area contributed by atoms with Gasteiger partial charge in [-0.2, -0.15) is 5.10 Å². The van der Waals surface area contributed by atoms with E-state index in [1.54, 1.807) is 0 Å². The van der Waals surface area contributed by atoms with E-state index >= 15 is 0 Å². The maximum absolute atomic E-state index is 4.76. The zero-order valence-corrected chi connectivity index (χ0v) is 15.2. The molecule has 1 aromatic heterocycles. The Morgan fingerprint density at radius 1 is 1.29 bits per heavy atom. The quantitative estimate of drug-likeness (QED) is 0.931. The molecule has 1 atom stereocenters. The molecule has 0 bridgehead atoms. The molecule has 2 rings (SSSR count). The van der Waals surface area contributed by atoms with Gasteiger partial charge in [0, 0.05) is 30.4 Å². The lowest BCUT2D eigenvalue weighted by molar-refractivity contribution is 0.187. The van der Waals surface area contributed by atoms with Crippen LogP contribution in [0.5, 0.6) is 0 Å². The molecule has 0 spiro atoms. The molecule has 0 amide bonds. The van der Waals surface area contributed by atoms with Crippen molar-refractivity contribution in [2.75, 3.05) is 20.1 Å². The highest BCUT2D eigenvalue weighted by Crippen LogP contribution is 2.23. The predicted octanol–water partition coefficient (Wildman–Crippen LogP) is 2.86. The molecule has 0 saturated carbocycles. The Hall–Kier alpha value is -0.580. The van der Waals surface area contributed by atoms with Crippen LogP contribution in [0.15, 0.2) is 0 Å². The Bertz CT molecular complexity index is 462. The monoisotopic (exact) mass is 314 g/mol. The van der Waals surface area contributed by atoms with Crippen LogP contribution < -0.4 is 5.32 Å². The summed E-state index contributed by atoms with van der Waals surface area (Å²) in [7, 11) is 2.07. The first kappa shape index (κ1) is 18.5. The van der Waals surface area contributed by atoms with Crippen LogP contribution in [-0.4, -0.2) is 40.9 Å². The molecule has 1 unspecified atom stereocenters. The topological polar surface area (TPSA) is 33.1 Å². The summed E-state index contributed by atoms with van der Waals surface area (Å²) in [5.74, 6) is 0.